The first-order chi connectivity index (χ1) is 10.8. The predicted octanol–water partition coefficient (Wildman–Crippen LogP) is 2.26. The molecule has 3 aromatic rings. The number of pyridine rings is 1. The number of rotatable bonds is 4. The third-order valence-corrected chi connectivity index (χ3v) is 3.49. The van der Waals surface area contributed by atoms with Crippen LogP contribution in [-0.2, 0) is 0 Å². The van der Waals surface area contributed by atoms with Gasteiger partial charge >= 0.3 is 0 Å². The Morgan fingerprint density at radius 1 is 1.23 bits per heavy atom. The van der Waals surface area contributed by atoms with Crippen LogP contribution in [0.1, 0.15) is 10.5 Å². The molecular formula is C14H11N5O2S. The van der Waals surface area contributed by atoms with E-state index in [1.165, 1.54) is 30.8 Å². The fraction of sp³-hybridized carbons (Fsp3) is 0.0714. The maximum atomic E-state index is 12.1. The molecule has 0 spiro atoms. The highest BCUT2D eigenvalue weighted by atomic mass is 32.1. The third-order valence-electron chi connectivity index (χ3n) is 2.74. The van der Waals surface area contributed by atoms with E-state index in [1.54, 1.807) is 6.20 Å². The minimum absolute atomic E-state index is 0.210. The number of hydrogen-bond donors (Lipinski definition) is 1. The standard InChI is InChI=1S/C14H11N5O2S/c1-21-12-6-10(16-8-17-12)13(20)19-14-18-11(7-22-14)9-4-2-3-5-15-9/h2-8H,1H3,(H,18,19,20). The number of aromatic nitrogens is 4. The summed E-state index contributed by atoms with van der Waals surface area (Å²) in [6, 6.07) is 7.03. The number of carbonyl (C=O) groups is 1. The third kappa shape index (κ3) is 3.07. The van der Waals surface area contributed by atoms with Gasteiger partial charge in [-0.15, -0.1) is 11.3 Å². The monoisotopic (exact) mass is 313 g/mol. The number of carbonyl (C=O) groups excluding carboxylic acids is 1. The van der Waals surface area contributed by atoms with E-state index < -0.39 is 0 Å². The Labute approximate surface area is 130 Å². The largest absolute Gasteiger partial charge is 0.481 e. The average Bonchev–Trinajstić information content (AvgIpc) is 3.04. The van der Waals surface area contributed by atoms with Crippen molar-refractivity contribution in [2.45, 2.75) is 0 Å². The van der Waals surface area contributed by atoms with E-state index in [1.807, 2.05) is 23.6 Å². The van der Waals surface area contributed by atoms with Crippen molar-refractivity contribution in [1.82, 2.24) is 19.9 Å². The first-order valence-corrected chi connectivity index (χ1v) is 7.18. The van der Waals surface area contributed by atoms with E-state index in [0.717, 1.165) is 5.69 Å². The number of methoxy groups -OCH3 is 1. The van der Waals surface area contributed by atoms with Crippen LogP contribution in [0, 0.1) is 0 Å². The Morgan fingerprint density at radius 3 is 2.91 bits per heavy atom. The van der Waals surface area contributed by atoms with Crippen LogP contribution in [0.3, 0.4) is 0 Å². The molecule has 1 amide bonds. The molecule has 1 N–H and O–H groups in total. The molecule has 110 valence electrons. The summed E-state index contributed by atoms with van der Waals surface area (Å²) >= 11 is 1.32. The van der Waals surface area contributed by atoms with Gasteiger partial charge in [0.15, 0.2) is 5.13 Å². The van der Waals surface area contributed by atoms with Crippen LogP contribution in [0.25, 0.3) is 11.4 Å². The molecule has 22 heavy (non-hydrogen) atoms. The lowest BCUT2D eigenvalue weighted by Crippen LogP contribution is -2.13. The molecule has 0 unspecified atom stereocenters. The summed E-state index contributed by atoms with van der Waals surface area (Å²) < 4.78 is 4.96. The Morgan fingerprint density at radius 2 is 2.14 bits per heavy atom. The van der Waals surface area contributed by atoms with Crippen LogP contribution >= 0.6 is 11.3 Å². The van der Waals surface area contributed by atoms with Crippen molar-refractivity contribution in [1.29, 1.82) is 0 Å². The summed E-state index contributed by atoms with van der Waals surface area (Å²) in [6.07, 6.45) is 2.97. The highest BCUT2D eigenvalue weighted by Crippen LogP contribution is 2.23. The first-order valence-electron chi connectivity index (χ1n) is 6.30. The van der Waals surface area contributed by atoms with E-state index in [4.69, 9.17) is 4.74 Å². The van der Waals surface area contributed by atoms with E-state index >= 15 is 0 Å². The van der Waals surface area contributed by atoms with Crippen LogP contribution in [0.2, 0.25) is 0 Å². The highest BCUT2D eigenvalue weighted by molar-refractivity contribution is 7.14. The lowest BCUT2D eigenvalue weighted by Gasteiger charge is -2.02. The molecule has 3 rings (SSSR count). The van der Waals surface area contributed by atoms with Gasteiger partial charge in [-0.3, -0.25) is 15.1 Å². The Bertz CT molecular complexity index is 791. The molecule has 0 radical (unpaired) electrons. The summed E-state index contributed by atoms with van der Waals surface area (Å²) in [5, 5.41) is 5.00. The maximum Gasteiger partial charge on any atom is 0.276 e. The molecule has 7 nitrogen and oxygen atoms in total. The van der Waals surface area contributed by atoms with E-state index in [2.05, 4.69) is 25.3 Å². The fourth-order valence-corrected chi connectivity index (χ4v) is 2.40. The SMILES string of the molecule is COc1cc(C(=O)Nc2nc(-c3ccccn3)cs2)ncn1. The molecule has 0 aromatic carbocycles. The molecule has 0 aliphatic carbocycles. The topological polar surface area (TPSA) is 89.9 Å². The average molecular weight is 313 g/mol. The van der Waals surface area contributed by atoms with E-state index in [0.29, 0.717) is 16.7 Å². The van der Waals surface area contributed by atoms with Gasteiger partial charge in [-0.1, -0.05) is 6.07 Å². The number of ether oxygens (including phenoxy) is 1. The normalized spacial score (nSPS) is 10.2. The molecule has 0 atom stereocenters. The molecule has 0 saturated carbocycles. The predicted molar refractivity (Wildman–Crippen MR) is 81.9 cm³/mol. The molecule has 0 aliphatic rings. The summed E-state index contributed by atoms with van der Waals surface area (Å²) in [6.45, 7) is 0. The van der Waals surface area contributed by atoms with Gasteiger partial charge in [0.05, 0.1) is 12.8 Å². The van der Waals surface area contributed by atoms with Crippen LogP contribution in [0.15, 0.2) is 42.2 Å². The van der Waals surface area contributed by atoms with Crippen molar-refractivity contribution in [2.75, 3.05) is 12.4 Å². The quantitative estimate of drug-likeness (QED) is 0.794. The molecule has 0 fully saturated rings. The number of thiazole rings is 1. The number of anilines is 1. The second kappa shape index (κ2) is 6.27. The molecule has 0 bridgehead atoms. The highest BCUT2D eigenvalue weighted by Gasteiger charge is 2.12. The summed E-state index contributed by atoms with van der Waals surface area (Å²) in [7, 11) is 1.48. The van der Waals surface area contributed by atoms with Crippen LogP contribution < -0.4 is 10.1 Å². The fourth-order valence-electron chi connectivity index (χ4n) is 1.70. The van der Waals surface area contributed by atoms with Crippen molar-refractivity contribution in [3.8, 4) is 17.3 Å². The Hall–Kier alpha value is -2.87. The second-order valence-electron chi connectivity index (χ2n) is 4.15. The Balaban J connectivity index is 1.76. The van der Waals surface area contributed by atoms with Gasteiger partial charge in [0.1, 0.15) is 17.7 Å². The zero-order valence-electron chi connectivity index (χ0n) is 11.6. The lowest BCUT2D eigenvalue weighted by molar-refractivity contribution is 0.102. The van der Waals surface area contributed by atoms with Crippen LogP contribution in [-0.4, -0.2) is 33.0 Å². The van der Waals surface area contributed by atoms with Gasteiger partial charge < -0.3 is 4.74 Å². The van der Waals surface area contributed by atoms with Crippen molar-refractivity contribution in [3.63, 3.8) is 0 Å². The van der Waals surface area contributed by atoms with Crippen molar-refractivity contribution < 1.29 is 9.53 Å². The van der Waals surface area contributed by atoms with Gasteiger partial charge in [0.2, 0.25) is 5.88 Å². The number of amides is 1. The van der Waals surface area contributed by atoms with E-state index in [9.17, 15) is 4.79 Å². The number of nitrogens with zero attached hydrogens (tertiary/aromatic N) is 4. The van der Waals surface area contributed by atoms with Crippen molar-refractivity contribution in [3.05, 3.63) is 47.9 Å². The zero-order chi connectivity index (χ0) is 15.4. The molecule has 3 heterocycles. The van der Waals surface area contributed by atoms with E-state index in [-0.39, 0.29) is 11.6 Å². The van der Waals surface area contributed by atoms with Gasteiger partial charge in [-0.05, 0) is 12.1 Å². The summed E-state index contributed by atoms with van der Waals surface area (Å²) in [4.78, 5) is 28.4. The van der Waals surface area contributed by atoms with Crippen LogP contribution in [0.4, 0.5) is 5.13 Å². The van der Waals surface area contributed by atoms with Gasteiger partial charge in [0, 0.05) is 17.6 Å². The second-order valence-corrected chi connectivity index (χ2v) is 5.01. The molecule has 8 heteroatoms. The number of hydrogen-bond acceptors (Lipinski definition) is 7. The summed E-state index contributed by atoms with van der Waals surface area (Å²) in [5.41, 5.74) is 1.67. The molecule has 0 aliphatic heterocycles. The van der Waals surface area contributed by atoms with Gasteiger partial charge in [-0.2, -0.15) is 0 Å². The lowest BCUT2D eigenvalue weighted by atomic mass is 10.3. The molecular weight excluding hydrogens is 302 g/mol. The van der Waals surface area contributed by atoms with Crippen LogP contribution in [0.5, 0.6) is 5.88 Å². The maximum absolute atomic E-state index is 12.1. The minimum atomic E-state index is -0.373. The minimum Gasteiger partial charge on any atom is -0.481 e. The Kier molecular flexibility index (Phi) is 4.01. The number of nitrogens with one attached hydrogen (secondary N) is 1. The summed E-state index contributed by atoms with van der Waals surface area (Å²) in [5.74, 6) is -0.0453. The molecule has 3 aromatic heterocycles. The van der Waals surface area contributed by atoms with Gasteiger partial charge in [0.25, 0.3) is 5.91 Å². The van der Waals surface area contributed by atoms with Crippen molar-refractivity contribution in [2.24, 2.45) is 0 Å². The van der Waals surface area contributed by atoms with Crippen molar-refractivity contribution >= 4 is 22.4 Å². The zero-order valence-corrected chi connectivity index (χ0v) is 12.4. The first kappa shape index (κ1) is 14.1. The molecule has 0 saturated heterocycles. The smallest absolute Gasteiger partial charge is 0.276 e. The van der Waals surface area contributed by atoms with Gasteiger partial charge in [-0.25, -0.2) is 15.0 Å².